The molecule has 1 heterocycles. The third-order valence-corrected chi connectivity index (χ3v) is 1.74. The fourth-order valence-electron chi connectivity index (χ4n) is 1.02. The van der Waals surface area contributed by atoms with Gasteiger partial charge in [-0.15, -0.1) is 5.10 Å². The molecule has 7 nitrogen and oxygen atoms in total. The number of aliphatic imine (C=N–C) groups is 1. The largest absolute Gasteiger partial charge is 0.353 e. The van der Waals surface area contributed by atoms with Crippen molar-refractivity contribution in [2.45, 2.75) is 19.9 Å². The van der Waals surface area contributed by atoms with Crippen LogP contribution in [-0.4, -0.2) is 34.0 Å². The number of hydrazine groups is 1. The van der Waals surface area contributed by atoms with E-state index >= 15 is 0 Å². The quantitative estimate of drug-likeness (QED) is 0.254. The molecule has 0 spiro atoms. The third kappa shape index (κ3) is 4.41. The number of nitrogens with zero attached hydrogens (tertiary/aromatic N) is 4. The molecule has 0 aliphatic heterocycles. The Morgan fingerprint density at radius 2 is 2.47 bits per heavy atom. The average molecular weight is 211 g/mol. The molecule has 0 atom stereocenters. The second kappa shape index (κ2) is 6.77. The number of hydrogen-bond acceptors (Lipinski definition) is 4. The van der Waals surface area contributed by atoms with E-state index in [1.165, 1.54) is 0 Å². The lowest BCUT2D eigenvalue weighted by atomic mass is 10.5. The van der Waals surface area contributed by atoms with Gasteiger partial charge in [0.15, 0.2) is 0 Å². The highest BCUT2D eigenvalue weighted by atomic mass is 15.4. The number of nitrogens with two attached hydrogens (primary N) is 1. The van der Waals surface area contributed by atoms with E-state index in [4.69, 9.17) is 5.84 Å². The molecule has 4 N–H and O–H groups in total. The Kier molecular flexibility index (Phi) is 5.16. The standard InChI is InChI=1S/C8H17N7/c1-2-3-10-8(13-9)11-4-6-15-7-5-12-14-15/h5,7H,2-4,6,9H2,1H3,(H2,10,11,13). The number of rotatable bonds is 5. The average Bonchev–Trinajstić information content (AvgIpc) is 2.76. The Bertz CT molecular complexity index is 279. The maximum Gasteiger partial charge on any atom is 0.205 e. The van der Waals surface area contributed by atoms with Gasteiger partial charge in [-0.2, -0.15) is 0 Å². The molecule has 1 aromatic heterocycles. The molecule has 0 bridgehead atoms. The zero-order valence-corrected chi connectivity index (χ0v) is 8.85. The first kappa shape index (κ1) is 11.4. The van der Waals surface area contributed by atoms with Crippen LogP contribution in [0.1, 0.15) is 13.3 Å². The van der Waals surface area contributed by atoms with Gasteiger partial charge >= 0.3 is 0 Å². The van der Waals surface area contributed by atoms with Gasteiger partial charge in [-0.05, 0) is 6.42 Å². The summed E-state index contributed by atoms with van der Waals surface area (Å²) < 4.78 is 1.74. The summed E-state index contributed by atoms with van der Waals surface area (Å²) in [6.45, 7) is 4.26. The van der Waals surface area contributed by atoms with Crippen molar-refractivity contribution >= 4 is 5.96 Å². The van der Waals surface area contributed by atoms with Crippen molar-refractivity contribution in [1.29, 1.82) is 0 Å². The van der Waals surface area contributed by atoms with Crippen molar-refractivity contribution in [2.75, 3.05) is 13.1 Å². The molecule has 0 unspecified atom stereocenters. The zero-order chi connectivity index (χ0) is 10.9. The zero-order valence-electron chi connectivity index (χ0n) is 8.85. The summed E-state index contributed by atoms with van der Waals surface area (Å²) in [5, 5.41) is 10.6. The Labute approximate surface area is 88.7 Å². The Morgan fingerprint density at radius 3 is 3.07 bits per heavy atom. The molecular formula is C8H17N7. The molecular weight excluding hydrogens is 194 g/mol. The van der Waals surface area contributed by atoms with Crippen molar-refractivity contribution in [3.8, 4) is 0 Å². The van der Waals surface area contributed by atoms with Crippen LogP contribution in [0.3, 0.4) is 0 Å². The first-order chi connectivity index (χ1) is 7.36. The number of guanidine groups is 1. The third-order valence-electron chi connectivity index (χ3n) is 1.74. The van der Waals surface area contributed by atoms with E-state index in [0.29, 0.717) is 12.5 Å². The van der Waals surface area contributed by atoms with Crippen LogP contribution in [0.15, 0.2) is 17.4 Å². The monoisotopic (exact) mass is 211 g/mol. The molecule has 0 fully saturated rings. The highest BCUT2D eigenvalue weighted by Gasteiger charge is 1.95. The maximum atomic E-state index is 5.29. The molecule has 1 aromatic rings. The van der Waals surface area contributed by atoms with E-state index in [0.717, 1.165) is 19.5 Å². The molecule has 1 rings (SSSR count). The fraction of sp³-hybridized carbons (Fsp3) is 0.625. The number of nitrogens with one attached hydrogen (secondary N) is 2. The first-order valence-corrected chi connectivity index (χ1v) is 4.96. The summed E-state index contributed by atoms with van der Waals surface area (Å²) in [5.74, 6) is 5.90. The van der Waals surface area contributed by atoms with Crippen LogP contribution in [0.5, 0.6) is 0 Å². The van der Waals surface area contributed by atoms with Crippen LogP contribution in [0, 0.1) is 0 Å². The van der Waals surface area contributed by atoms with Gasteiger partial charge in [0, 0.05) is 19.3 Å². The van der Waals surface area contributed by atoms with Gasteiger partial charge < -0.3 is 5.32 Å². The summed E-state index contributed by atoms with van der Waals surface area (Å²) >= 11 is 0. The highest BCUT2D eigenvalue weighted by molar-refractivity contribution is 5.79. The van der Waals surface area contributed by atoms with Gasteiger partial charge in [0.25, 0.3) is 0 Å². The summed E-state index contributed by atoms with van der Waals surface area (Å²) in [6, 6.07) is 0. The minimum atomic E-state index is 0.608. The summed E-state index contributed by atoms with van der Waals surface area (Å²) in [4.78, 5) is 4.20. The van der Waals surface area contributed by atoms with Gasteiger partial charge in [0.2, 0.25) is 5.96 Å². The number of hydrogen-bond donors (Lipinski definition) is 3. The molecule has 0 saturated carbocycles. The lowest BCUT2D eigenvalue weighted by molar-refractivity contribution is 0.576. The fourth-order valence-corrected chi connectivity index (χ4v) is 1.02. The van der Waals surface area contributed by atoms with Crippen molar-refractivity contribution in [2.24, 2.45) is 10.8 Å². The minimum Gasteiger partial charge on any atom is -0.353 e. The summed E-state index contributed by atoms with van der Waals surface area (Å²) in [6.07, 6.45) is 4.45. The van der Waals surface area contributed by atoms with Gasteiger partial charge in [0.05, 0.1) is 12.7 Å². The highest BCUT2D eigenvalue weighted by Crippen LogP contribution is 1.80. The van der Waals surface area contributed by atoms with Crippen LogP contribution < -0.4 is 16.6 Å². The van der Waals surface area contributed by atoms with Crippen LogP contribution in [0.4, 0.5) is 0 Å². The van der Waals surface area contributed by atoms with Gasteiger partial charge in [-0.25, -0.2) is 5.84 Å². The topological polar surface area (TPSA) is 93.2 Å². The van der Waals surface area contributed by atoms with Crippen molar-refractivity contribution in [3.63, 3.8) is 0 Å². The second-order valence-corrected chi connectivity index (χ2v) is 2.97. The van der Waals surface area contributed by atoms with Crippen LogP contribution in [0.2, 0.25) is 0 Å². The molecule has 0 aromatic carbocycles. The molecule has 84 valence electrons. The van der Waals surface area contributed by atoms with Crippen LogP contribution in [0.25, 0.3) is 0 Å². The van der Waals surface area contributed by atoms with E-state index in [-0.39, 0.29) is 0 Å². The van der Waals surface area contributed by atoms with Crippen molar-refractivity contribution in [3.05, 3.63) is 12.4 Å². The normalized spacial score (nSPS) is 11.5. The molecule has 0 aliphatic carbocycles. The van der Waals surface area contributed by atoms with Gasteiger partial charge in [-0.1, -0.05) is 12.1 Å². The summed E-state index contributed by atoms with van der Waals surface area (Å²) in [7, 11) is 0. The SMILES string of the molecule is CCCN=C(NN)NCCn1ccnn1. The smallest absolute Gasteiger partial charge is 0.205 e. The molecule has 15 heavy (non-hydrogen) atoms. The van der Waals surface area contributed by atoms with E-state index in [1.54, 1.807) is 17.1 Å². The van der Waals surface area contributed by atoms with Crippen molar-refractivity contribution < 1.29 is 0 Å². The summed E-state index contributed by atoms with van der Waals surface area (Å²) in [5.41, 5.74) is 2.51. The molecule has 0 radical (unpaired) electrons. The van der Waals surface area contributed by atoms with Gasteiger partial charge in [0.1, 0.15) is 0 Å². The lowest BCUT2D eigenvalue weighted by Crippen LogP contribution is -2.42. The van der Waals surface area contributed by atoms with Gasteiger partial charge in [-0.3, -0.25) is 15.1 Å². The number of aromatic nitrogens is 3. The van der Waals surface area contributed by atoms with E-state index in [2.05, 4.69) is 33.0 Å². The molecule has 0 aliphatic rings. The van der Waals surface area contributed by atoms with E-state index < -0.39 is 0 Å². The van der Waals surface area contributed by atoms with Crippen LogP contribution in [-0.2, 0) is 6.54 Å². The first-order valence-electron chi connectivity index (χ1n) is 4.96. The predicted octanol–water partition coefficient (Wildman–Crippen LogP) is -0.903. The predicted molar refractivity (Wildman–Crippen MR) is 57.9 cm³/mol. The van der Waals surface area contributed by atoms with E-state index in [9.17, 15) is 0 Å². The second-order valence-electron chi connectivity index (χ2n) is 2.97. The Balaban J connectivity index is 2.23. The minimum absolute atomic E-state index is 0.608. The molecule has 0 amide bonds. The maximum absolute atomic E-state index is 5.29. The van der Waals surface area contributed by atoms with Crippen molar-refractivity contribution in [1.82, 2.24) is 25.7 Å². The van der Waals surface area contributed by atoms with E-state index in [1.807, 2.05) is 0 Å². The molecule has 7 heteroatoms. The van der Waals surface area contributed by atoms with Crippen LogP contribution >= 0.6 is 0 Å². The lowest BCUT2D eigenvalue weighted by Gasteiger charge is -2.08. The molecule has 0 saturated heterocycles. The Morgan fingerprint density at radius 1 is 1.60 bits per heavy atom. The Hall–Kier alpha value is -1.63.